The summed E-state index contributed by atoms with van der Waals surface area (Å²) in [6.07, 6.45) is 0. The molecule has 0 aromatic heterocycles. The summed E-state index contributed by atoms with van der Waals surface area (Å²) in [7, 11) is 0. The highest BCUT2D eigenvalue weighted by Gasteiger charge is 2.24. The first kappa shape index (κ1) is 13.8. The highest BCUT2D eigenvalue weighted by Crippen LogP contribution is 2.25. The molecule has 0 saturated heterocycles. The van der Waals surface area contributed by atoms with E-state index in [-0.39, 0.29) is 12.3 Å². The third-order valence-corrected chi connectivity index (χ3v) is 2.60. The summed E-state index contributed by atoms with van der Waals surface area (Å²) in [5.74, 6) is -0.873. The Morgan fingerprint density at radius 3 is 2.59 bits per heavy atom. The van der Waals surface area contributed by atoms with E-state index in [9.17, 15) is 13.6 Å². The van der Waals surface area contributed by atoms with Crippen molar-refractivity contribution in [3.63, 3.8) is 0 Å². The second-order valence-electron chi connectivity index (χ2n) is 4.81. The van der Waals surface area contributed by atoms with Crippen molar-refractivity contribution in [2.24, 2.45) is 0 Å². The normalized spacial score (nSPS) is 11.6. The lowest BCUT2D eigenvalue weighted by Gasteiger charge is -2.26. The van der Waals surface area contributed by atoms with Crippen LogP contribution in [0.4, 0.5) is 8.78 Å². The van der Waals surface area contributed by atoms with Crippen molar-refractivity contribution in [1.29, 1.82) is 0 Å². The number of ketones is 1. The minimum atomic E-state index is -0.568. The van der Waals surface area contributed by atoms with Crippen molar-refractivity contribution < 1.29 is 13.6 Å². The van der Waals surface area contributed by atoms with Gasteiger partial charge in [-0.2, -0.15) is 0 Å². The van der Waals surface area contributed by atoms with Crippen LogP contribution in [0.3, 0.4) is 0 Å². The van der Waals surface area contributed by atoms with Gasteiger partial charge in [0.1, 0.15) is 17.4 Å². The number of hydrogen-bond donors (Lipinski definition) is 1. The zero-order valence-electron chi connectivity index (χ0n) is 10.3. The van der Waals surface area contributed by atoms with Gasteiger partial charge in [0.25, 0.3) is 0 Å². The predicted octanol–water partition coefficient (Wildman–Crippen LogP) is 2.42. The molecule has 0 amide bonds. The summed E-state index contributed by atoms with van der Waals surface area (Å²) < 4.78 is 26.7. The Balaban J connectivity index is 2.81. The molecular weight excluding hydrogens is 224 g/mol. The van der Waals surface area contributed by atoms with E-state index in [4.69, 9.17) is 0 Å². The number of carbonyl (C=O) groups excluding carboxylic acids is 1. The maximum atomic E-state index is 13.6. The maximum Gasteiger partial charge on any atom is 0.143 e. The molecule has 94 valence electrons. The van der Waals surface area contributed by atoms with Gasteiger partial charge in [-0.3, -0.25) is 4.79 Å². The fraction of sp³-hybridized carbons (Fsp3) is 0.462. The molecule has 0 fully saturated rings. The molecule has 0 heterocycles. The van der Waals surface area contributed by atoms with Gasteiger partial charge in [0.05, 0.1) is 6.54 Å². The standard InChI is InChI=1S/C13H17F2NO/c1-9(17)7-16-8-13(2,3)11-6-10(14)4-5-12(11)15/h4-6,16H,7-8H2,1-3H3. The number of hydrogen-bond acceptors (Lipinski definition) is 2. The van der Waals surface area contributed by atoms with Gasteiger partial charge in [-0.25, -0.2) is 8.78 Å². The van der Waals surface area contributed by atoms with E-state index in [1.807, 2.05) is 0 Å². The second kappa shape index (κ2) is 5.36. The van der Waals surface area contributed by atoms with Crippen molar-refractivity contribution in [3.05, 3.63) is 35.4 Å². The molecule has 1 N–H and O–H groups in total. The van der Waals surface area contributed by atoms with Crippen molar-refractivity contribution in [3.8, 4) is 0 Å². The third-order valence-electron chi connectivity index (χ3n) is 2.60. The van der Waals surface area contributed by atoms with Crippen molar-refractivity contribution in [2.75, 3.05) is 13.1 Å². The van der Waals surface area contributed by atoms with Crippen LogP contribution in [0.5, 0.6) is 0 Å². The smallest absolute Gasteiger partial charge is 0.143 e. The van der Waals surface area contributed by atoms with Crippen LogP contribution >= 0.6 is 0 Å². The molecule has 4 heteroatoms. The SMILES string of the molecule is CC(=O)CNCC(C)(C)c1cc(F)ccc1F. The van der Waals surface area contributed by atoms with Crippen LogP contribution in [0, 0.1) is 11.6 Å². The first-order chi connectivity index (χ1) is 7.83. The predicted molar refractivity (Wildman–Crippen MR) is 62.9 cm³/mol. The van der Waals surface area contributed by atoms with Crippen LogP contribution in [0.15, 0.2) is 18.2 Å². The average Bonchev–Trinajstić information content (AvgIpc) is 2.20. The number of Topliss-reactive ketones (excluding diaryl/α,β-unsaturated/α-hetero) is 1. The van der Waals surface area contributed by atoms with E-state index < -0.39 is 17.0 Å². The maximum absolute atomic E-state index is 13.6. The van der Waals surface area contributed by atoms with Crippen molar-refractivity contribution in [1.82, 2.24) is 5.32 Å². The lowest BCUT2D eigenvalue weighted by Crippen LogP contribution is -2.36. The zero-order valence-corrected chi connectivity index (χ0v) is 10.3. The van der Waals surface area contributed by atoms with E-state index in [1.165, 1.54) is 13.0 Å². The molecular formula is C13H17F2NO. The van der Waals surface area contributed by atoms with Gasteiger partial charge in [-0.1, -0.05) is 13.8 Å². The molecule has 1 aromatic rings. The second-order valence-corrected chi connectivity index (χ2v) is 4.81. The van der Waals surface area contributed by atoms with Crippen LogP contribution in [-0.2, 0) is 10.2 Å². The summed E-state index contributed by atoms with van der Waals surface area (Å²) in [6, 6.07) is 3.42. The van der Waals surface area contributed by atoms with Gasteiger partial charge in [0.2, 0.25) is 0 Å². The molecule has 0 saturated carbocycles. The fourth-order valence-corrected chi connectivity index (χ4v) is 1.66. The lowest BCUT2D eigenvalue weighted by molar-refractivity contribution is -0.116. The molecule has 0 aliphatic carbocycles. The summed E-state index contributed by atoms with van der Waals surface area (Å²) in [4.78, 5) is 10.8. The highest BCUT2D eigenvalue weighted by atomic mass is 19.1. The molecule has 0 aliphatic heterocycles. The van der Waals surface area contributed by atoms with E-state index in [0.717, 1.165) is 12.1 Å². The minimum Gasteiger partial charge on any atom is -0.309 e. The van der Waals surface area contributed by atoms with Crippen LogP contribution in [0.2, 0.25) is 0 Å². The molecule has 0 aliphatic rings. The van der Waals surface area contributed by atoms with Crippen molar-refractivity contribution >= 4 is 5.78 Å². The Morgan fingerprint density at radius 1 is 1.35 bits per heavy atom. The largest absolute Gasteiger partial charge is 0.309 e. The Labute approximate surface area is 100 Å². The molecule has 1 aromatic carbocycles. The lowest BCUT2D eigenvalue weighted by atomic mass is 9.84. The average molecular weight is 241 g/mol. The quantitative estimate of drug-likeness (QED) is 0.857. The Hall–Kier alpha value is -1.29. The van der Waals surface area contributed by atoms with E-state index in [1.54, 1.807) is 13.8 Å². The fourth-order valence-electron chi connectivity index (χ4n) is 1.66. The minimum absolute atomic E-state index is 0.0144. The molecule has 1 rings (SSSR count). The van der Waals surface area contributed by atoms with E-state index in [2.05, 4.69) is 5.32 Å². The number of halogens is 2. The van der Waals surface area contributed by atoms with Crippen molar-refractivity contribution in [2.45, 2.75) is 26.2 Å². The molecule has 0 bridgehead atoms. The number of benzene rings is 1. The van der Waals surface area contributed by atoms with Crippen LogP contribution in [0.25, 0.3) is 0 Å². The molecule has 0 unspecified atom stereocenters. The third kappa shape index (κ3) is 3.89. The van der Waals surface area contributed by atoms with Gasteiger partial charge in [0, 0.05) is 12.0 Å². The first-order valence-electron chi connectivity index (χ1n) is 5.48. The Bertz CT molecular complexity index is 416. The first-order valence-corrected chi connectivity index (χ1v) is 5.48. The van der Waals surface area contributed by atoms with E-state index in [0.29, 0.717) is 12.1 Å². The van der Waals surface area contributed by atoms with Gasteiger partial charge < -0.3 is 5.32 Å². The number of rotatable bonds is 5. The van der Waals surface area contributed by atoms with Gasteiger partial charge in [0.15, 0.2) is 0 Å². The van der Waals surface area contributed by atoms with E-state index >= 15 is 0 Å². The molecule has 0 atom stereocenters. The summed E-state index contributed by atoms with van der Waals surface area (Å²) in [6.45, 7) is 5.73. The Morgan fingerprint density at radius 2 is 2.00 bits per heavy atom. The number of carbonyl (C=O) groups is 1. The van der Waals surface area contributed by atoms with Crippen LogP contribution in [0.1, 0.15) is 26.3 Å². The van der Waals surface area contributed by atoms with Gasteiger partial charge in [-0.05, 0) is 30.7 Å². The topological polar surface area (TPSA) is 29.1 Å². The Kier molecular flexibility index (Phi) is 4.34. The summed E-state index contributed by atoms with van der Waals surface area (Å²) in [5, 5.41) is 2.93. The summed E-state index contributed by atoms with van der Waals surface area (Å²) in [5.41, 5.74) is -0.254. The molecule has 17 heavy (non-hydrogen) atoms. The monoisotopic (exact) mass is 241 g/mol. The summed E-state index contributed by atoms with van der Waals surface area (Å²) >= 11 is 0. The zero-order chi connectivity index (χ0) is 13.1. The van der Waals surface area contributed by atoms with Gasteiger partial charge in [-0.15, -0.1) is 0 Å². The van der Waals surface area contributed by atoms with Crippen LogP contribution in [-0.4, -0.2) is 18.9 Å². The van der Waals surface area contributed by atoms with Gasteiger partial charge >= 0.3 is 0 Å². The molecule has 2 nitrogen and oxygen atoms in total. The van der Waals surface area contributed by atoms with Crippen LogP contribution < -0.4 is 5.32 Å². The highest BCUT2D eigenvalue weighted by molar-refractivity contribution is 5.77. The molecule has 0 spiro atoms. The number of nitrogens with one attached hydrogen (secondary N) is 1. The molecule has 0 radical (unpaired) electrons.